The minimum Gasteiger partial charge on any atom is -0.484 e. The standard InChI is InChI=1S/C13H16ClN3O3S/c1-8(2)12(19)15-13(21)17-16-11(18)7-20-10-5-3-9(14)4-6-10/h3-6,8H,7H2,1-2H3,(H,16,18)(H2,15,17,19,21). The molecule has 0 heterocycles. The molecular weight excluding hydrogens is 314 g/mol. The van der Waals surface area contributed by atoms with Gasteiger partial charge in [-0.1, -0.05) is 25.4 Å². The molecule has 21 heavy (non-hydrogen) atoms. The lowest BCUT2D eigenvalue weighted by molar-refractivity contribution is -0.124. The Morgan fingerprint density at radius 3 is 2.43 bits per heavy atom. The number of rotatable bonds is 4. The summed E-state index contributed by atoms with van der Waals surface area (Å²) in [5.41, 5.74) is 4.72. The molecule has 0 saturated heterocycles. The smallest absolute Gasteiger partial charge is 0.276 e. The summed E-state index contributed by atoms with van der Waals surface area (Å²) in [4.78, 5) is 22.9. The van der Waals surface area contributed by atoms with Crippen LogP contribution >= 0.6 is 23.8 Å². The van der Waals surface area contributed by atoms with Crippen LogP contribution in [0.3, 0.4) is 0 Å². The van der Waals surface area contributed by atoms with E-state index in [1.165, 1.54) is 0 Å². The highest BCUT2D eigenvalue weighted by Gasteiger charge is 2.09. The molecule has 0 aromatic heterocycles. The fourth-order valence-electron chi connectivity index (χ4n) is 1.13. The van der Waals surface area contributed by atoms with E-state index < -0.39 is 5.91 Å². The van der Waals surface area contributed by atoms with E-state index in [-0.39, 0.29) is 23.5 Å². The monoisotopic (exact) mass is 329 g/mol. The molecule has 0 saturated carbocycles. The number of hydrogen-bond donors (Lipinski definition) is 3. The Balaban J connectivity index is 2.26. The van der Waals surface area contributed by atoms with Crippen LogP contribution in [0.2, 0.25) is 5.02 Å². The molecule has 0 aliphatic heterocycles. The second-order valence-electron chi connectivity index (χ2n) is 4.39. The molecule has 8 heteroatoms. The van der Waals surface area contributed by atoms with E-state index in [9.17, 15) is 9.59 Å². The van der Waals surface area contributed by atoms with Gasteiger partial charge >= 0.3 is 0 Å². The first-order valence-corrected chi connectivity index (χ1v) is 6.95. The molecule has 114 valence electrons. The van der Waals surface area contributed by atoms with Gasteiger partial charge in [-0.05, 0) is 36.5 Å². The predicted octanol–water partition coefficient (Wildman–Crippen LogP) is 1.40. The van der Waals surface area contributed by atoms with Crippen molar-refractivity contribution in [3.05, 3.63) is 29.3 Å². The van der Waals surface area contributed by atoms with Gasteiger partial charge in [-0.25, -0.2) is 0 Å². The zero-order valence-electron chi connectivity index (χ0n) is 11.6. The number of hydrogen-bond acceptors (Lipinski definition) is 4. The van der Waals surface area contributed by atoms with Crippen molar-refractivity contribution in [3.63, 3.8) is 0 Å². The van der Waals surface area contributed by atoms with E-state index in [4.69, 9.17) is 28.6 Å². The van der Waals surface area contributed by atoms with Crippen molar-refractivity contribution in [2.75, 3.05) is 6.61 Å². The molecule has 0 fully saturated rings. The quantitative estimate of drug-likeness (QED) is 0.575. The van der Waals surface area contributed by atoms with Crippen molar-refractivity contribution in [2.45, 2.75) is 13.8 Å². The summed E-state index contributed by atoms with van der Waals surface area (Å²) in [7, 11) is 0. The van der Waals surface area contributed by atoms with E-state index in [1.54, 1.807) is 38.1 Å². The van der Waals surface area contributed by atoms with Crippen LogP contribution < -0.4 is 20.9 Å². The number of ether oxygens (including phenoxy) is 1. The van der Waals surface area contributed by atoms with Gasteiger partial charge in [-0.15, -0.1) is 0 Å². The van der Waals surface area contributed by atoms with Crippen molar-refractivity contribution >= 4 is 40.7 Å². The molecule has 0 unspecified atom stereocenters. The van der Waals surface area contributed by atoms with Gasteiger partial charge in [-0.3, -0.25) is 20.4 Å². The normalized spacial score (nSPS) is 9.90. The number of amides is 2. The third-order valence-electron chi connectivity index (χ3n) is 2.26. The van der Waals surface area contributed by atoms with E-state index >= 15 is 0 Å². The molecule has 2 amide bonds. The summed E-state index contributed by atoms with van der Waals surface area (Å²) >= 11 is 10.6. The van der Waals surface area contributed by atoms with E-state index in [0.717, 1.165) is 0 Å². The van der Waals surface area contributed by atoms with Gasteiger partial charge in [0.1, 0.15) is 5.75 Å². The fraction of sp³-hybridized carbons (Fsp3) is 0.308. The van der Waals surface area contributed by atoms with Gasteiger partial charge < -0.3 is 10.1 Å². The molecule has 1 aromatic carbocycles. The zero-order valence-corrected chi connectivity index (χ0v) is 13.2. The summed E-state index contributed by atoms with van der Waals surface area (Å²) in [6, 6.07) is 6.61. The Kier molecular flexibility index (Phi) is 6.90. The average Bonchev–Trinajstić information content (AvgIpc) is 2.44. The maximum Gasteiger partial charge on any atom is 0.276 e. The summed E-state index contributed by atoms with van der Waals surface area (Å²) < 4.78 is 5.23. The third kappa shape index (κ3) is 6.92. The first-order chi connectivity index (χ1) is 9.88. The van der Waals surface area contributed by atoms with Crippen LogP contribution in [-0.2, 0) is 9.59 Å². The van der Waals surface area contributed by atoms with Gasteiger partial charge in [-0.2, -0.15) is 0 Å². The van der Waals surface area contributed by atoms with Crippen molar-refractivity contribution in [1.29, 1.82) is 0 Å². The number of carbonyl (C=O) groups excluding carboxylic acids is 2. The van der Waals surface area contributed by atoms with Crippen LogP contribution in [0.5, 0.6) is 5.75 Å². The Morgan fingerprint density at radius 2 is 1.86 bits per heavy atom. The minimum absolute atomic E-state index is 0.0218. The van der Waals surface area contributed by atoms with Gasteiger partial charge in [0.25, 0.3) is 5.91 Å². The van der Waals surface area contributed by atoms with Gasteiger partial charge in [0.15, 0.2) is 11.7 Å². The summed E-state index contributed by atoms with van der Waals surface area (Å²) in [5, 5.41) is 3.03. The average molecular weight is 330 g/mol. The highest BCUT2D eigenvalue weighted by Crippen LogP contribution is 2.15. The lowest BCUT2D eigenvalue weighted by Crippen LogP contribution is -2.50. The van der Waals surface area contributed by atoms with Gasteiger partial charge in [0.05, 0.1) is 0 Å². The molecule has 0 bridgehead atoms. The lowest BCUT2D eigenvalue weighted by atomic mass is 10.2. The molecule has 3 N–H and O–H groups in total. The molecule has 0 aliphatic rings. The Bertz CT molecular complexity index is 520. The maximum atomic E-state index is 11.5. The van der Waals surface area contributed by atoms with E-state index in [1.807, 2.05) is 0 Å². The molecule has 1 aromatic rings. The third-order valence-corrected chi connectivity index (χ3v) is 2.72. The molecule has 0 spiro atoms. The highest BCUT2D eigenvalue weighted by molar-refractivity contribution is 7.80. The largest absolute Gasteiger partial charge is 0.484 e. The van der Waals surface area contributed by atoms with Crippen LogP contribution in [0, 0.1) is 5.92 Å². The number of thiocarbonyl (C=S) groups is 1. The zero-order chi connectivity index (χ0) is 15.8. The summed E-state index contributed by atoms with van der Waals surface area (Å²) in [6.07, 6.45) is 0. The Hall–Kier alpha value is -1.86. The van der Waals surface area contributed by atoms with Crippen molar-refractivity contribution in [1.82, 2.24) is 16.2 Å². The summed E-state index contributed by atoms with van der Waals surface area (Å²) in [5.74, 6) is -0.357. The number of benzene rings is 1. The molecular formula is C13H16ClN3O3S. The molecule has 6 nitrogen and oxygen atoms in total. The SMILES string of the molecule is CC(C)C(=O)NC(=S)NNC(=O)COc1ccc(Cl)cc1. The van der Waals surface area contributed by atoms with Gasteiger partial charge in [0.2, 0.25) is 5.91 Å². The van der Waals surface area contributed by atoms with Gasteiger partial charge in [0, 0.05) is 10.9 Å². The summed E-state index contributed by atoms with van der Waals surface area (Å²) in [6.45, 7) is 3.27. The number of halogens is 1. The molecule has 0 atom stereocenters. The van der Waals surface area contributed by atoms with E-state index in [2.05, 4.69) is 16.2 Å². The second kappa shape index (κ2) is 8.43. The predicted molar refractivity (Wildman–Crippen MR) is 83.8 cm³/mol. The van der Waals surface area contributed by atoms with Crippen molar-refractivity contribution in [3.8, 4) is 5.75 Å². The Labute approximate surface area is 133 Å². The number of carbonyl (C=O) groups is 2. The Morgan fingerprint density at radius 1 is 1.24 bits per heavy atom. The second-order valence-corrected chi connectivity index (χ2v) is 5.23. The van der Waals surface area contributed by atoms with Crippen LogP contribution in [0.25, 0.3) is 0 Å². The van der Waals surface area contributed by atoms with Crippen LogP contribution in [0.1, 0.15) is 13.8 Å². The van der Waals surface area contributed by atoms with Crippen molar-refractivity contribution < 1.29 is 14.3 Å². The van der Waals surface area contributed by atoms with E-state index in [0.29, 0.717) is 10.8 Å². The molecule has 1 rings (SSSR count). The van der Waals surface area contributed by atoms with Crippen LogP contribution in [0.15, 0.2) is 24.3 Å². The molecule has 0 radical (unpaired) electrons. The topological polar surface area (TPSA) is 79.5 Å². The van der Waals surface area contributed by atoms with Crippen molar-refractivity contribution in [2.24, 2.45) is 5.92 Å². The first-order valence-electron chi connectivity index (χ1n) is 6.16. The fourth-order valence-corrected chi connectivity index (χ4v) is 1.41. The van der Waals surface area contributed by atoms with Crippen LogP contribution in [0.4, 0.5) is 0 Å². The minimum atomic E-state index is -0.439. The van der Waals surface area contributed by atoms with Crippen LogP contribution in [-0.4, -0.2) is 23.5 Å². The first kappa shape index (κ1) is 17.2. The molecule has 0 aliphatic carbocycles. The maximum absolute atomic E-state index is 11.5. The highest BCUT2D eigenvalue weighted by atomic mass is 35.5. The number of hydrazine groups is 1. The number of nitrogens with one attached hydrogen (secondary N) is 3. The lowest BCUT2D eigenvalue weighted by Gasteiger charge is -2.12.